The van der Waals surface area contributed by atoms with E-state index in [1.54, 1.807) is 0 Å². The molecule has 0 radical (unpaired) electrons. The zero-order valence-corrected chi connectivity index (χ0v) is 21.7. The van der Waals surface area contributed by atoms with Crippen molar-refractivity contribution in [1.82, 2.24) is 15.3 Å². The maximum absolute atomic E-state index is 7.54. The third kappa shape index (κ3) is 6.98. The molecule has 6 nitrogen and oxygen atoms in total. The second-order valence-corrected chi connectivity index (χ2v) is 8.97. The summed E-state index contributed by atoms with van der Waals surface area (Å²) in [6.45, 7) is 4.21. The Labute approximate surface area is 218 Å². The van der Waals surface area contributed by atoms with Gasteiger partial charge in [-0.3, -0.25) is 5.41 Å². The third-order valence-corrected chi connectivity index (χ3v) is 6.25. The number of aromatic nitrogens is 2. The lowest BCUT2D eigenvalue weighted by atomic mass is 9.91. The number of hydrogen-bond acceptors (Lipinski definition) is 4. The molecule has 1 heterocycles. The molecule has 1 aliphatic carbocycles. The molecule has 0 amide bonds. The minimum atomic E-state index is 0. The molecule has 1 fully saturated rings. The summed E-state index contributed by atoms with van der Waals surface area (Å²) in [5.74, 6) is 1.54. The third-order valence-electron chi connectivity index (χ3n) is 6.00. The van der Waals surface area contributed by atoms with Gasteiger partial charge < -0.3 is 16.4 Å². The Morgan fingerprint density at radius 2 is 1.71 bits per heavy atom. The van der Waals surface area contributed by atoms with Gasteiger partial charge >= 0.3 is 0 Å². The predicted octanol–water partition coefficient (Wildman–Crippen LogP) is 6.12. The molecule has 0 bridgehead atoms. The molecule has 34 heavy (non-hydrogen) atoms. The van der Waals surface area contributed by atoms with E-state index in [0.717, 1.165) is 48.0 Å². The maximum Gasteiger partial charge on any atom is 0.185 e. The van der Waals surface area contributed by atoms with Crippen LogP contribution in [0.1, 0.15) is 48.2 Å². The Morgan fingerprint density at radius 3 is 2.41 bits per heavy atom. The minimum absolute atomic E-state index is 0. The number of aryl methyl sites for hydroxylation is 2. The molecule has 1 aromatic heterocycles. The summed E-state index contributed by atoms with van der Waals surface area (Å²) >= 11 is 5.99. The summed E-state index contributed by atoms with van der Waals surface area (Å²) in [5.41, 5.74) is 9.94. The molecule has 2 atom stereocenters. The van der Waals surface area contributed by atoms with Gasteiger partial charge in [-0.25, -0.2) is 9.97 Å². The van der Waals surface area contributed by atoms with E-state index in [0.29, 0.717) is 10.8 Å². The number of nitrogens with one attached hydrogen (secondary N) is 3. The first-order valence-corrected chi connectivity index (χ1v) is 11.3. The maximum atomic E-state index is 7.54. The first-order chi connectivity index (χ1) is 15.4. The minimum Gasteiger partial charge on any atom is -0.370 e. The fraction of sp³-hybridized carbons (Fsp3) is 0.320. The van der Waals surface area contributed by atoms with E-state index in [2.05, 4.69) is 36.6 Å². The normalized spacial score (nSPS) is 17.6. The van der Waals surface area contributed by atoms with Crippen molar-refractivity contribution in [3.63, 3.8) is 0 Å². The van der Waals surface area contributed by atoms with Gasteiger partial charge in [-0.2, -0.15) is 0 Å². The van der Waals surface area contributed by atoms with Crippen molar-refractivity contribution in [2.45, 2.75) is 51.6 Å². The van der Waals surface area contributed by atoms with Crippen LogP contribution in [-0.2, 0) is 0 Å². The number of rotatable bonds is 5. The van der Waals surface area contributed by atoms with E-state index in [1.807, 2.05) is 36.4 Å². The average molecular weight is 522 g/mol. The Morgan fingerprint density at radius 1 is 1.03 bits per heavy atom. The van der Waals surface area contributed by atoms with E-state index >= 15 is 0 Å². The van der Waals surface area contributed by atoms with Gasteiger partial charge in [0.1, 0.15) is 5.82 Å². The number of fused-ring (bicyclic) bond motifs is 1. The van der Waals surface area contributed by atoms with Crippen LogP contribution in [0.3, 0.4) is 0 Å². The number of nitrogens with two attached hydrogens (primary N) is 1. The van der Waals surface area contributed by atoms with Crippen molar-refractivity contribution >= 4 is 71.2 Å². The fourth-order valence-electron chi connectivity index (χ4n) is 4.20. The van der Waals surface area contributed by atoms with Crippen LogP contribution in [0.4, 0.5) is 5.82 Å². The van der Waals surface area contributed by atoms with E-state index in [9.17, 15) is 0 Å². The van der Waals surface area contributed by atoms with Crippen LogP contribution in [0.5, 0.6) is 0 Å². The van der Waals surface area contributed by atoms with Crippen molar-refractivity contribution in [2.24, 2.45) is 5.73 Å². The number of anilines is 1. The van der Waals surface area contributed by atoms with Gasteiger partial charge in [0, 0.05) is 22.5 Å². The Balaban J connectivity index is 0.00000204. The van der Waals surface area contributed by atoms with Gasteiger partial charge in [-0.1, -0.05) is 29.8 Å². The van der Waals surface area contributed by atoms with Gasteiger partial charge in [0.25, 0.3) is 0 Å². The molecule has 3 aromatic rings. The summed E-state index contributed by atoms with van der Waals surface area (Å²) in [4.78, 5) is 9.66. The van der Waals surface area contributed by atoms with Crippen LogP contribution in [0.25, 0.3) is 23.1 Å². The zero-order valence-electron chi connectivity index (χ0n) is 19.3. The summed E-state index contributed by atoms with van der Waals surface area (Å²) in [6.07, 6.45) is 7.98. The van der Waals surface area contributed by atoms with Crippen LogP contribution in [0.2, 0.25) is 5.02 Å². The highest BCUT2D eigenvalue weighted by atomic mass is 35.5. The predicted molar refractivity (Wildman–Crippen MR) is 149 cm³/mol. The summed E-state index contributed by atoms with van der Waals surface area (Å²) in [5, 5.41) is 16.0. The van der Waals surface area contributed by atoms with Gasteiger partial charge in [-0.15, -0.1) is 24.8 Å². The number of benzene rings is 2. The van der Waals surface area contributed by atoms with Crippen LogP contribution in [0.15, 0.2) is 36.4 Å². The Kier molecular flexibility index (Phi) is 9.98. The summed E-state index contributed by atoms with van der Waals surface area (Å²) in [6, 6.07) is 12.4. The van der Waals surface area contributed by atoms with Crippen molar-refractivity contribution in [2.75, 3.05) is 5.32 Å². The SMILES string of the molecule is Cc1cc2nc(/C=C/c3ccc(Cl)cc3)nc(NC3CCCC(NC(=N)N)C3)c2cc1C.Cl.Cl. The monoisotopic (exact) mass is 520 g/mol. The quantitative estimate of drug-likeness (QED) is 0.239. The Bertz CT molecular complexity index is 1160. The van der Waals surface area contributed by atoms with Gasteiger partial charge in [0.2, 0.25) is 0 Å². The molecular formula is C25H31Cl3N6. The lowest BCUT2D eigenvalue weighted by Gasteiger charge is -2.31. The van der Waals surface area contributed by atoms with E-state index in [-0.39, 0.29) is 42.9 Å². The highest BCUT2D eigenvalue weighted by Crippen LogP contribution is 2.28. The molecule has 0 spiro atoms. The topological polar surface area (TPSA) is 99.7 Å². The number of guanidine groups is 1. The summed E-state index contributed by atoms with van der Waals surface area (Å²) < 4.78 is 0. The van der Waals surface area contributed by atoms with Crippen LogP contribution in [0, 0.1) is 19.3 Å². The Hall–Kier alpha value is -2.54. The van der Waals surface area contributed by atoms with Crippen molar-refractivity contribution in [1.29, 1.82) is 5.41 Å². The molecule has 182 valence electrons. The van der Waals surface area contributed by atoms with Crippen molar-refractivity contribution < 1.29 is 0 Å². The van der Waals surface area contributed by atoms with Gasteiger partial charge in [0.15, 0.2) is 11.8 Å². The standard InChI is InChI=1S/C25H29ClN6.2ClH/c1-15-12-21-22(13-16(15)2)31-23(11-8-17-6-9-18(26)10-7-17)32-24(21)29-19-4-3-5-20(14-19)30-25(27)28;;/h6-13,19-20H,3-5,14H2,1-2H3,(H4,27,28,30)(H,29,31,32);2*1H/b11-8+;;. The van der Waals surface area contributed by atoms with E-state index < -0.39 is 0 Å². The van der Waals surface area contributed by atoms with Crippen molar-refractivity contribution in [3.8, 4) is 0 Å². The molecule has 1 aliphatic rings. The number of halogens is 3. The fourth-order valence-corrected chi connectivity index (χ4v) is 4.33. The molecule has 2 unspecified atom stereocenters. The first kappa shape index (κ1) is 27.7. The molecule has 1 saturated carbocycles. The summed E-state index contributed by atoms with van der Waals surface area (Å²) in [7, 11) is 0. The van der Waals surface area contributed by atoms with Crippen LogP contribution in [-0.4, -0.2) is 28.0 Å². The smallest absolute Gasteiger partial charge is 0.185 e. The van der Waals surface area contributed by atoms with E-state index in [4.69, 9.17) is 32.7 Å². The molecule has 5 N–H and O–H groups in total. The molecule has 2 aromatic carbocycles. The zero-order chi connectivity index (χ0) is 22.7. The lowest BCUT2D eigenvalue weighted by molar-refractivity contribution is 0.384. The highest BCUT2D eigenvalue weighted by Gasteiger charge is 2.23. The largest absolute Gasteiger partial charge is 0.370 e. The molecular weight excluding hydrogens is 491 g/mol. The van der Waals surface area contributed by atoms with Crippen LogP contribution < -0.4 is 16.4 Å². The van der Waals surface area contributed by atoms with Crippen LogP contribution >= 0.6 is 36.4 Å². The van der Waals surface area contributed by atoms with Crippen molar-refractivity contribution in [3.05, 3.63) is 63.9 Å². The highest BCUT2D eigenvalue weighted by molar-refractivity contribution is 6.30. The molecule has 4 rings (SSSR count). The number of hydrogen-bond donors (Lipinski definition) is 4. The van der Waals surface area contributed by atoms with Gasteiger partial charge in [0.05, 0.1) is 5.52 Å². The molecule has 0 aliphatic heterocycles. The lowest BCUT2D eigenvalue weighted by Crippen LogP contribution is -2.44. The van der Waals surface area contributed by atoms with E-state index in [1.165, 1.54) is 11.1 Å². The second-order valence-electron chi connectivity index (χ2n) is 8.53. The van der Waals surface area contributed by atoms with Gasteiger partial charge in [-0.05, 0) is 86.6 Å². The first-order valence-electron chi connectivity index (χ1n) is 11.0. The molecule has 0 saturated heterocycles. The second kappa shape index (κ2) is 12.2. The number of nitrogens with zero attached hydrogens (tertiary/aromatic N) is 2. The molecule has 9 heteroatoms. The average Bonchev–Trinajstić information content (AvgIpc) is 2.74.